The number of hydrogen-bond donors (Lipinski definition) is 0. The smallest absolute Gasteiger partial charge is 0.196 e. The Bertz CT molecular complexity index is 770. The highest BCUT2D eigenvalue weighted by Crippen LogP contribution is 2.30. The van der Waals surface area contributed by atoms with E-state index in [-0.39, 0.29) is 20.4 Å². The monoisotopic (exact) mass is 390 g/mol. The van der Waals surface area contributed by atoms with Crippen molar-refractivity contribution in [2.24, 2.45) is 0 Å². The van der Waals surface area contributed by atoms with E-state index >= 15 is 0 Å². The zero-order chi connectivity index (χ0) is 20.0. The number of methoxy groups -OCH3 is 2. The van der Waals surface area contributed by atoms with Crippen LogP contribution in [0.25, 0.3) is 0 Å². The van der Waals surface area contributed by atoms with Gasteiger partial charge in [-0.1, -0.05) is 18.2 Å². The van der Waals surface area contributed by atoms with Crippen LogP contribution in [0.3, 0.4) is 0 Å². The fourth-order valence-electron chi connectivity index (χ4n) is 2.60. The Morgan fingerprint density at radius 3 is 2.11 bits per heavy atom. The maximum atomic E-state index is 12.9. The van der Waals surface area contributed by atoms with Gasteiger partial charge in [-0.2, -0.15) is 0 Å². The summed E-state index contributed by atoms with van der Waals surface area (Å²) in [5.41, 5.74) is 2.82. The molecule has 0 saturated carbocycles. The van der Waals surface area contributed by atoms with Crippen molar-refractivity contribution in [1.82, 2.24) is 0 Å². The second-order valence-electron chi connectivity index (χ2n) is 6.22. The minimum absolute atomic E-state index is 0.0655. The van der Waals surface area contributed by atoms with E-state index in [1.54, 1.807) is 34.1 Å². The normalized spacial score (nSPS) is 13.6. The van der Waals surface area contributed by atoms with Crippen molar-refractivity contribution >= 4 is 19.4 Å². The van der Waals surface area contributed by atoms with Gasteiger partial charge in [0.2, 0.25) is 0 Å². The Hall–Kier alpha value is -1.94. The van der Waals surface area contributed by atoms with Crippen molar-refractivity contribution in [3.63, 3.8) is 0 Å². The molecule has 5 nitrogen and oxygen atoms in total. The molecule has 0 amide bonds. The van der Waals surface area contributed by atoms with E-state index in [1.807, 2.05) is 44.2 Å². The van der Waals surface area contributed by atoms with Gasteiger partial charge in [-0.3, -0.25) is 4.79 Å². The van der Waals surface area contributed by atoms with Gasteiger partial charge in [0.1, 0.15) is 11.5 Å². The van der Waals surface area contributed by atoms with Crippen LogP contribution in [0, 0.1) is 13.8 Å². The van der Waals surface area contributed by atoms with Crippen LogP contribution in [0.15, 0.2) is 36.4 Å². The number of rotatable bonds is 9. The Labute approximate surface area is 162 Å². The van der Waals surface area contributed by atoms with Crippen molar-refractivity contribution in [2.75, 3.05) is 14.2 Å². The predicted octanol–water partition coefficient (Wildman–Crippen LogP) is 4.19. The molecular formula is C21H27O5P. The van der Waals surface area contributed by atoms with E-state index in [0.29, 0.717) is 11.5 Å². The van der Waals surface area contributed by atoms with E-state index in [9.17, 15) is 4.79 Å². The van der Waals surface area contributed by atoms with E-state index in [1.165, 1.54) is 0 Å². The van der Waals surface area contributed by atoms with Gasteiger partial charge in [0.05, 0.1) is 0 Å². The van der Waals surface area contributed by atoms with Crippen LogP contribution in [0.2, 0.25) is 0 Å². The highest BCUT2D eigenvalue weighted by Gasteiger charge is 2.17. The van der Waals surface area contributed by atoms with Crippen molar-refractivity contribution < 1.29 is 23.7 Å². The number of carbonyl (C=O) groups excluding carboxylic acids is 1. The van der Waals surface area contributed by atoms with Gasteiger partial charge >= 0.3 is 0 Å². The molecule has 0 heterocycles. The van der Waals surface area contributed by atoms with E-state index in [4.69, 9.17) is 18.9 Å². The molecule has 0 bridgehead atoms. The van der Waals surface area contributed by atoms with Gasteiger partial charge in [-0.25, -0.2) is 0 Å². The molecule has 2 aromatic rings. The zero-order valence-electron chi connectivity index (χ0n) is 16.7. The van der Waals surface area contributed by atoms with Gasteiger partial charge in [0.15, 0.2) is 18.1 Å². The third-order valence-corrected chi connectivity index (χ3v) is 5.33. The number of carbonyl (C=O) groups is 1. The lowest BCUT2D eigenvalue weighted by Crippen LogP contribution is -2.19. The van der Waals surface area contributed by atoms with E-state index in [2.05, 4.69) is 0 Å². The first-order valence-corrected chi connectivity index (χ1v) is 9.76. The number of hydrogen-bond acceptors (Lipinski definition) is 5. The molecule has 27 heavy (non-hydrogen) atoms. The Kier molecular flexibility index (Phi) is 7.78. The van der Waals surface area contributed by atoms with E-state index in [0.717, 1.165) is 22.0 Å². The highest BCUT2D eigenvalue weighted by atomic mass is 31.1. The molecule has 3 unspecified atom stereocenters. The maximum absolute atomic E-state index is 12.9. The maximum Gasteiger partial charge on any atom is 0.196 e. The number of aryl methyl sites for hydroxylation is 2. The second-order valence-corrected chi connectivity index (χ2v) is 7.46. The van der Waals surface area contributed by atoms with Gasteiger partial charge in [-0.15, -0.1) is 0 Å². The lowest BCUT2D eigenvalue weighted by molar-refractivity contribution is -0.0421. The minimum Gasteiger partial charge on any atom is -0.465 e. The topological polar surface area (TPSA) is 54.0 Å². The summed E-state index contributed by atoms with van der Waals surface area (Å²) in [6.45, 7) is 7.51. The summed E-state index contributed by atoms with van der Waals surface area (Å²) in [4.78, 5) is 12.9. The molecule has 3 atom stereocenters. The highest BCUT2D eigenvalue weighted by molar-refractivity contribution is 7.66. The van der Waals surface area contributed by atoms with Crippen molar-refractivity contribution in [2.45, 2.75) is 40.3 Å². The summed E-state index contributed by atoms with van der Waals surface area (Å²) in [5, 5.41) is 0.809. The molecular weight excluding hydrogens is 363 g/mol. The molecule has 0 spiro atoms. The summed E-state index contributed by atoms with van der Waals surface area (Å²) in [7, 11) is 3.08. The third-order valence-electron chi connectivity index (χ3n) is 4.17. The molecule has 0 aliphatic heterocycles. The first-order valence-electron chi connectivity index (χ1n) is 8.76. The average Bonchev–Trinajstić information content (AvgIpc) is 2.63. The molecule has 2 rings (SSSR count). The Morgan fingerprint density at radius 2 is 1.52 bits per heavy atom. The molecule has 0 radical (unpaired) electrons. The SMILES string of the molecule is COC(C)Oc1ccc(PC(=O)c2c(C)cccc2C)c(OC(C)OC)c1. The minimum atomic E-state index is -0.445. The predicted molar refractivity (Wildman–Crippen MR) is 109 cm³/mol. The quantitative estimate of drug-likeness (QED) is 0.475. The van der Waals surface area contributed by atoms with Crippen molar-refractivity contribution in [1.29, 1.82) is 0 Å². The molecule has 0 aliphatic rings. The average molecular weight is 390 g/mol. The van der Waals surface area contributed by atoms with Crippen LogP contribution in [0.4, 0.5) is 0 Å². The van der Waals surface area contributed by atoms with Gasteiger partial charge < -0.3 is 18.9 Å². The van der Waals surface area contributed by atoms with Gasteiger partial charge in [0.25, 0.3) is 0 Å². The summed E-state index contributed by atoms with van der Waals surface area (Å²) >= 11 is 0. The largest absolute Gasteiger partial charge is 0.465 e. The Balaban J connectivity index is 2.32. The number of ether oxygens (including phenoxy) is 4. The second kappa shape index (κ2) is 9.84. The van der Waals surface area contributed by atoms with Gasteiger partial charge in [-0.05, 0) is 59.5 Å². The lowest BCUT2D eigenvalue weighted by Gasteiger charge is -2.19. The van der Waals surface area contributed by atoms with Crippen LogP contribution in [-0.2, 0) is 9.47 Å². The van der Waals surface area contributed by atoms with Crippen LogP contribution < -0.4 is 14.8 Å². The first-order chi connectivity index (χ1) is 12.8. The molecule has 0 aliphatic carbocycles. The third kappa shape index (κ3) is 5.77. The zero-order valence-corrected chi connectivity index (χ0v) is 17.7. The van der Waals surface area contributed by atoms with Crippen molar-refractivity contribution in [3.05, 3.63) is 53.1 Å². The van der Waals surface area contributed by atoms with Crippen LogP contribution in [-0.4, -0.2) is 32.3 Å². The Morgan fingerprint density at radius 1 is 0.926 bits per heavy atom. The molecule has 146 valence electrons. The number of benzene rings is 2. The van der Waals surface area contributed by atoms with Crippen LogP contribution in [0.1, 0.15) is 35.3 Å². The summed E-state index contributed by atoms with van der Waals surface area (Å²) in [6.07, 6.45) is -0.832. The first kappa shape index (κ1) is 21.4. The molecule has 0 fully saturated rings. The molecule has 2 aromatic carbocycles. The molecule has 0 saturated heterocycles. The fraction of sp³-hybridized carbons (Fsp3) is 0.381. The van der Waals surface area contributed by atoms with Gasteiger partial charge in [0, 0.05) is 31.2 Å². The standard InChI is InChI=1S/C21H27O5P/c1-13-8-7-9-14(2)20(13)21(22)27-19-11-10-17(25-15(3)23-5)12-18(19)26-16(4)24-6/h7-12,15-16,27H,1-6H3. The summed E-state index contributed by atoms with van der Waals surface area (Å²) in [5.74, 6) is 1.18. The van der Waals surface area contributed by atoms with Crippen LogP contribution in [0.5, 0.6) is 11.5 Å². The van der Waals surface area contributed by atoms with Crippen molar-refractivity contribution in [3.8, 4) is 11.5 Å². The van der Waals surface area contributed by atoms with Crippen LogP contribution >= 0.6 is 8.58 Å². The lowest BCUT2D eigenvalue weighted by atomic mass is 10.0. The molecule has 0 aromatic heterocycles. The molecule has 0 N–H and O–H groups in total. The fourth-order valence-corrected chi connectivity index (χ4v) is 3.79. The molecule has 6 heteroatoms. The summed E-state index contributed by atoms with van der Waals surface area (Å²) in [6, 6.07) is 11.3. The summed E-state index contributed by atoms with van der Waals surface area (Å²) < 4.78 is 21.9. The van der Waals surface area contributed by atoms with E-state index < -0.39 is 6.29 Å².